The van der Waals surface area contributed by atoms with Gasteiger partial charge in [-0.15, -0.1) is 0 Å². The molecule has 3 N–H and O–H groups in total. The quantitative estimate of drug-likeness (QED) is 0.174. The molecule has 1 saturated carbocycles. The van der Waals surface area contributed by atoms with Crippen molar-refractivity contribution >= 4 is 24.2 Å². The Bertz CT molecular complexity index is 1010. The van der Waals surface area contributed by atoms with Crippen LogP contribution in [0.25, 0.3) is 0 Å². The average molecular weight is 628 g/mol. The van der Waals surface area contributed by atoms with Crippen molar-refractivity contribution in [2.45, 2.75) is 150 Å². The second-order valence-corrected chi connectivity index (χ2v) is 14.4. The Morgan fingerprint density at radius 3 is 1.64 bits per heavy atom. The van der Waals surface area contributed by atoms with Gasteiger partial charge in [0.15, 0.2) is 0 Å². The van der Waals surface area contributed by atoms with Crippen molar-refractivity contribution in [3.63, 3.8) is 0 Å². The second-order valence-electron chi connectivity index (χ2n) is 14.4. The van der Waals surface area contributed by atoms with E-state index in [1.807, 2.05) is 58.0 Å². The van der Waals surface area contributed by atoms with Gasteiger partial charge in [-0.05, 0) is 55.4 Å². The molecule has 0 unspecified atom stereocenters. The summed E-state index contributed by atoms with van der Waals surface area (Å²) in [4.78, 5) is 53.3. The minimum Gasteiger partial charge on any atom is -0.445 e. The molecule has 254 valence electrons. The molecule has 1 aliphatic rings. The number of alkyl carbamates (subject to hydrolysis) is 1. The summed E-state index contributed by atoms with van der Waals surface area (Å²) in [7, 11) is 0. The van der Waals surface area contributed by atoms with Gasteiger partial charge in [0.1, 0.15) is 25.0 Å². The summed E-state index contributed by atoms with van der Waals surface area (Å²) in [5.74, 6) is -0.152. The third-order valence-electron chi connectivity index (χ3n) is 8.86. The zero-order valence-corrected chi connectivity index (χ0v) is 28.9. The van der Waals surface area contributed by atoms with Crippen LogP contribution < -0.4 is 16.0 Å². The summed E-state index contributed by atoms with van der Waals surface area (Å²) < 4.78 is 5.39. The Balaban J connectivity index is 2.22. The van der Waals surface area contributed by atoms with Gasteiger partial charge < -0.3 is 25.5 Å². The average Bonchev–Trinajstić information content (AvgIpc) is 3.04. The van der Waals surface area contributed by atoms with Crippen LogP contribution in [0.15, 0.2) is 30.3 Å². The van der Waals surface area contributed by atoms with Crippen molar-refractivity contribution in [1.29, 1.82) is 0 Å². The predicted molar refractivity (Wildman–Crippen MR) is 180 cm³/mol. The molecule has 0 heterocycles. The largest absolute Gasteiger partial charge is 0.445 e. The molecule has 8 heteroatoms. The number of benzene rings is 1. The molecule has 0 bridgehead atoms. The summed E-state index contributed by atoms with van der Waals surface area (Å²) in [6, 6.07) is 7.39. The standard InChI is InChI=1S/C37H61N3O5/c1-27(2)22-31(38-34(42)32(23-28(3)4)39-36(44)45-25-30-18-14-13-15-19-30)35(43)40-33(24-29(5)6)37(26-41)20-16-11-9-7-8-10-12-17-21-37/h13-15,18-19,26-29,31-33H,7-12,16-17,20-25H2,1-6H3,(H,38,42)(H,39,44)(H,40,43)/t31-,32-,33-/m0/s1. The number of ether oxygens (including phenoxy) is 1. The van der Waals surface area contributed by atoms with Gasteiger partial charge >= 0.3 is 6.09 Å². The van der Waals surface area contributed by atoms with Crippen LogP contribution >= 0.6 is 0 Å². The first-order valence-corrected chi connectivity index (χ1v) is 17.5. The highest BCUT2D eigenvalue weighted by molar-refractivity contribution is 5.91. The van der Waals surface area contributed by atoms with Gasteiger partial charge in [0.25, 0.3) is 0 Å². The highest BCUT2D eigenvalue weighted by atomic mass is 16.5. The molecule has 0 saturated heterocycles. The van der Waals surface area contributed by atoms with Crippen molar-refractivity contribution in [1.82, 2.24) is 16.0 Å². The minimum atomic E-state index is -0.856. The summed E-state index contributed by atoms with van der Waals surface area (Å²) in [6.45, 7) is 12.3. The summed E-state index contributed by atoms with van der Waals surface area (Å²) in [5.41, 5.74) is 0.224. The number of nitrogens with one attached hydrogen (secondary N) is 3. The molecule has 1 aromatic carbocycles. The normalized spacial score (nSPS) is 17.9. The number of hydrogen-bond acceptors (Lipinski definition) is 5. The van der Waals surface area contributed by atoms with Crippen molar-refractivity contribution in [3.8, 4) is 0 Å². The molecule has 45 heavy (non-hydrogen) atoms. The first-order chi connectivity index (χ1) is 21.5. The van der Waals surface area contributed by atoms with E-state index in [4.69, 9.17) is 4.74 Å². The van der Waals surface area contributed by atoms with Crippen LogP contribution in [-0.4, -0.2) is 42.3 Å². The van der Waals surface area contributed by atoms with Crippen LogP contribution in [0.5, 0.6) is 0 Å². The lowest BCUT2D eigenvalue weighted by Gasteiger charge is -2.39. The number of carbonyl (C=O) groups is 4. The lowest BCUT2D eigenvalue weighted by Crippen LogP contribution is -2.58. The summed E-state index contributed by atoms with van der Waals surface area (Å²) in [5, 5.41) is 8.97. The van der Waals surface area contributed by atoms with Crippen LogP contribution in [0.3, 0.4) is 0 Å². The molecule has 1 fully saturated rings. The third kappa shape index (κ3) is 14.4. The van der Waals surface area contributed by atoms with Gasteiger partial charge in [0.2, 0.25) is 11.8 Å². The smallest absolute Gasteiger partial charge is 0.408 e. The van der Waals surface area contributed by atoms with Gasteiger partial charge in [0.05, 0.1) is 0 Å². The molecule has 8 nitrogen and oxygen atoms in total. The first kappa shape index (κ1) is 38.3. The van der Waals surface area contributed by atoms with E-state index in [-0.39, 0.29) is 36.3 Å². The maximum Gasteiger partial charge on any atom is 0.408 e. The SMILES string of the molecule is CC(C)C[C@H](NC(=O)OCc1ccccc1)C(=O)N[C@@H](CC(C)C)C(=O)N[C@@H](CC(C)C)C1(C=O)CCCCCCCCCC1. The van der Waals surface area contributed by atoms with Crippen molar-refractivity contribution in [2.75, 3.05) is 0 Å². The number of aldehydes is 1. The lowest BCUT2D eigenvalue weighted by molar-refractivity contribution is -0.132. The van der Waals surface area contributed by atoms with Crippen LogP contribution in [0.1, 0.15) is 131 Å². The van der Waals surface area contributed by atoms with Crippen molar-refractivity contribution < 1.29 is 23.9 Å². The number of amides is 3. The third-order valence-corrected chi connectivity index (χ3v) is 8.86. The zero-order valence-electron chi connectivity index (χ0n) is 28.9. The predicted octanol–water partition coefficient (Wildman–Crippen LogP) is 7.49. The van der Waals surface area contributed by atoms with E-state index in [1.165, 1.54) is 25.7 Å². The lowest BCUT2D eigenvalue weighted by atomic mass is 9.70. The van der Waals surface area contributed by atoms with E-state index < -0.39 is 29.5 Å². The fraction of sp³-hybridized carbons (Fsp3) is 0.730. The highest BCUT2D eigenvalue weighted by Gasteiger charge is 2.40. The molecular formula is C37H61N3O5. The van der Waals surface area contributed by atoms with Crippen molar-refractivity contribution in [3.05, 3.63) is 35.9 Å². The molecule has 2 rings (SSSR count). The Morgan fingerprint density at radius 1 is 0.689 bits per heavy atom. The number of rotatable bonds is 15. The van der Waals surface area contributed by atoms with E-state index >= 15 is 0 Å². The molecule has 3 amide bonds. The molecule has 3 atom stereocenters. The molecule has 1 aliphatic carbocycles. The molecule has 0 spiro atoms. The van der Waals surface area contributed by atoms with Crippen LogP contribution in [-0.2, 0) is 25.7 Å². The topological polar surface area (TPSA) is 114 Å². The maximum absolute atomic E-state index is 14.0. The summed E-state index contributed by atoms with van der Waals surface area (Å²) in [6.07, 6.45) is 12.5. The zero-order chi connectivity index (χ0) is 33.2. The van der Waals surface area contributed by atoms with Crippen molar-refractivity contribution in [2.24, 2.45) is 23.2 Å². The number of hydrogen-bond donors (Lipinski definition) is 3. The molecule has 0 aromatic heterocycles. The molecule has 1 aromatic rings. The van der Waals surface area contributed by atoms with E-state index in [2.05, 4.69) is 29.8 Å². The first-order valence-electron chi connectivity index (χ1n) is 17.5. The fourth-order valence-corrected chi connectivity index (χ4v) is 6.41. The maximum atomic E-state index is 14.0. The Kier molecular flexibility index (Phi) is 17.2. The molecular weight excluding hydrogens is 566 g/mol. The monoisotopic (exact) mass is 627 g/mol. The summed E-state index contributed by atoms with van der Waals surface area (Å²) >= 11 is 0. The molecule has 0 radical (unpaired) electrons. The minimum absolute atomic E-state index is 0.0940. The van der Waals surface area contributed by atoms with Gasteiger partial charge in [-0.2, -0.15) is 0 Å². The van der Waals surface area contributed by atoms with Gasteiger partial charge in [-0.3, -0.25) is 9.59 Å². The Labute approximate surface area is 272 Å². The second kappa shape index (κ2) is 20.3. The highest BCUT2D eigenvalue weighted by Crippen LogP contribution is 2.37. The van der Waals surface area contributed by atoms with E-state index in [1.54, 1.807) is 0 Å². The van der Waals surface area contributed by atoms with Crippen LogP contribution in [0, 0.1) is 23.2 Å². The van der Waals surface area contributed by atoms with E-state index in [0.717, 1.165) is 50.4 Å². The Morgan fingerprint density at radius 2 is 1.16 bits per heavy atom. The number of carbonyl (C=O) groups excluding carboxylic acids is 4. The van der Waals surface area contributed by atoms with Gasteiger partial charge in [0, 0.05) is 11.5 Å². The fourth-order valence-electron chi connectivity index (χ4n) is 6.41. The van der Waals surface area contributed by atoms with E-state index in [9.17, 15) is 19.2 Å². The van der Waals surface area contributed by atoms with Crippen LogP contribution in [0.2, 0.25) is 0 Å². The van der Waals surface area contributed by atoms with Gasteiger partial charge in [-0.1, -0.05) is 123 Å². The Hall–Kier alpha value is -2.90. The van der Waals surface area contributed by atoms with Crippen LogP contribution in [0.4, 0.5) is 4.79 Å². The van der Waals surface area contributed by atoms with Gasteiger partial charge in [-0.25, -0.2) is 4.79 Å². The van der Waals surface area contributed by atoms with E-state index in [0.29, 0.717) is 19.3 Å². The molecule has 0 aliphatic heterocycles.